The van der Waals surface area contributed by atoms with Gasteiger partial charge in [-0.25, -0.2) is 4.79 Å². The summed E-state index contributed by atoms with van der Waals surface area (Å²) in [5, 5.41) is 18.9. The van der Waals surface area contributed by atoms with Crippen LogP contribution in [0, 0.1) is 10.1 Å². The largest absolute Gasteiger partial charge is 0.573 e. The summed E-state index contributed by atoms with van der Waals surface area (Å²) in [5.74, 6) is -2.76. The molecule has 0 aliphatic heterocycles. The molecule has 0 aliphatic carbocycles. The fourth-order valence-corrected chi connectivity index (χ4v) is 1.01. The first kappa shape index (κ1) is 12.7. The van der Waals surface area contributed by atoms with Gasteiger partial charge in [0.05, 0.1) is 4.92 Å². The Labute approximate surface area is 91.4 Å². The van der Waals surface area contributed by atoms with Gasteiger partial charge in [-0.2, -0.15) is 0 Å². The highest BCUT2D eigenvalue weighted by Gasteiger charge is 2.33. The highest BCUT2D eigenvalue weighted by atomic mass is 19.4. The summed E-state index contributed by atoms with van der Waals surface area (Å²) in [6.45, 7) is 0. The number of nitro groups is 1. The molecule has 17 heavy (non-hydrogen) atoms. The zero-order valence-electron chi connectivity index (χ0n) is 7.89. The van der Waals surface area contributed by atoms with E-state index in [2.05, 4.69) is 4.74 Å². The van der Waals surface area contributed by atoms with E-state index in [4.69, 9.17) is 5.11 Å². The van der Waals surface area contributed by atoms with Crippen molar-refractivity contribution in [2.75, 3.05) is 0 Å². The summed E-state index contributed by atoms with van der Waals surface area (Å²) in [6.07, 6.45) is -5.07. The number of carboxylic acids is 1. The van der Waals surface area contributed by atoms with Gasteiger partial charge in [-0.3, -0.25) is 10.1 Å². The lowest BCUT2D eigenvalue weighted by molar-refractivity contribution is -0.385. The highest BCUT2D eigenvalue weighted by molar-refractivity contribution is 5.91. The second-order valence-corrected chi connectivity index (χ2v) is 2.79. The molecule has 9 heteroatoms. The van der Waals surface area contributed by atoms with E-state index in [1.807, 2.05) is 0 Å². The number of non-ortho nitro benzene ring substituents is 1. The minimum atomic E-state index is -5.07. The van der Waals surface area contributed by atoms with Gasteiger partial charge in [-0.05, 0) is 6.07 Å². The van der Waals surface area contributed by atoms with Crippen LogP contribution in [0.1, 0.15) is 10.4 Å². The number of carboxylic acid groups (broad SMARTS) is 1. The molecule has 0 aromatic heterocycles. The number of hydrogen-bond donors (Lipinski definition) is 1. The van der Waals surface area contributed by atoms with Crippen molar-refractivity contribution < 1.29 is 32.7 Å². The Balaban J connectivity index is 3.23. The van der Waals surface area contributed by atoms with E-state index in [9.17, 15) is 28.1 Å². The van der Waals surface area contributed by atoms with Gasteiger partial charge < -0.3 is 9.84 Å². The molecular weight excluding hydrogens is 247 g/mol. The SMILES string of the molecule is O=C(O)c1cc([N+](=O)[O-])ccc1OC(F)(F)F. The number of ether oxygens (including phenoxy) is 1. The van der Waals surface area contributed by atoms with Crippen LogP contribution in [0.5, 0.6) is 5.75 Å². The first-order chi connectivity index (χ1) is 7.70. The van der Waals surface area contributed by atoms with Gasteiger partial charge in [0.25, 0.3) is 5.69 Å². The summed E-state index contributed by atoms with van der Waals surface area (Å²) < 4.78 is 39.1. The predicted octanol–water partition coefficient (Wildman–Crippen LogP) is 2.19. The van der Waals surface area contributed by atoms with Crippen molar-refractivity contribution in [3.63, 3.8) is 0 Å². The molecule has 0 heterocycles. The van der Waals surface area contributed by atoms with Crippen molar-refractivity contribution in [1.29, 1.82) is 0 Å². The van der Waals surface area contributed by atoms with Crippen LogP contribution in [0.4, 0.5) is 18.9 Å². The lowest BCUT2D eigenvalue weighted by Crippen LogP contribution is -2.19. The number of halogens is 3. The van der Waals surface area contributed by atoms with Crippen molar-refractivity contribution in [3.8, 4) is 5.75 Å². The zero-order chi connectivity index (χ0) is 13.2. The maximum absolute atomic E-state index is 11.9. The molecule has 0 fully saturated rings. The second kappa shape index (κ2) is 4.28. The smallest absolute Gasteiger partial charge is 0.478 e. The molecule has 0 amide bonds. The van der Waals surface area contributed by atoms with Crippen LogP contribution in [0.2, 0.25) is 0 Å². The van der Waals surface area contributed by atoms with Gasteiger partial charge in [0, 0.05) is 12.1 Å². The Morgan fingerprint density at radius 3 is 2.41 bits per heavy atom. The lowest BCUT2D eigenvalue weighted by Gasteiger charge is -2.10. The van der Waals surface area contributed by atoms with E-state index in [1.165, 1.54) is 0 Å². The normalized spacial score (nSPS) is 11.0. The van der Waals surface area contributed by atoms with Gasteiger partial charge in [0.2, 0.25) is 0 Å². The van der Waals surface area contributed by atoms with E-state index in [-0.39, 0.29) is 0 Å². The number of carbonyl (C=O) groups is 1. The average Bonchev–Trinajstić information content (AvgIpc) is 2.14. The van der Waals surface area contributed by atoms with Crippen molar-refractivity contribution in [2.45, 2.75) is 6.36 Å². The topological polar surface area (TPSA) is 89.7 Å². The van der Waals surface area contributed by atoms with Crippen LogP contribution >= 0.6 is 0 Å². The minimum absolute atomic E-state index is 0.489. The number of rotatable bonds is 3. The molecule has 0 unspecified atom stereocenters. The van der Waals surface area contributed by atoms with E-state index in [0.29, 0.717) is 18.2 Å². The number of aromatic carboxylic acids is 1. The molecular formula is C8H4F3NO5. The third kappa shape index (κ3) is 3.33. The Morgan fingerprint density at radius 1 is 1.41 bits per heavy atom. The standard InChI is InChI=1S/C8H4F3NO5/c9-8(10,11)17-6-2-1-4(12(15)16)3-5(6)7(13)14/h1-3H,(H,13,14). The van der Waals surface area contributed by atoms with E-state index < -0.39 is 34.3 Å². The number of benzene rings is 1. The third-order valence-electron chi connectivity index (χ3n) is 1.63. The zero-order valence-corrected chi connectivity index (χ0v) is 7.89. The monoisotopic (exact) mass is 251 g/mol. The maximum atomic E-state index is 11.9. The number of alkyl halides is 3. The molecule has 0 radical (unpaired) electrons. The molecule has 92 valence electrons. The number of nitro benzene ring substituents is 1. The van der Waals surface area contributed by atoms with Crippen LogP contribution in [0.15, 0.2) is 18.2 Å². The first-order valence-corrected chi connectivity index (χ1v) is 3.98. The Hall–Kier alpha value is -2.32. The number of hydrogen-bond acceptors (Lipinski definition) is 4. The quantitative estimate of drug-likeness (QED) is 0.656. The molecule has 0 saturated heterocycles. The molecule has 0 atom stereocenters. The van der Waals surface area contributed by atoms with Crippen LogP contribution in [0.3, 0.4) is 0 Å². The number of nitrogens with zero attached hydrogens (tertiary/aromatic N) is 1. The van der Waals surface area contributed by atoms with E-state index >= 15 is 0 Å². The molecule has 1 aromatic rings. The molecule has 6 nitrogen and oxygen atoms in total. The molecule has 0 saturated carbocycles. The van der Waals surface area contributed by atoms with Gasteiger partial charge in [-0.15, -0.1) is 13.2 Å². The van der Waals surface area contributed by atoms with Gasteiger partial charge >= 0.3 is 12.3 Å². The summed E-state index contributed by atoms with van der Waals surface area (Å²) >= 11 is 0. The minimum Gasteiger partial charge on any atom is -0.478 e. The third-order valence-corrected chi connectivity index (χ3v) is 1.63. The second-order valence-electron chi connectivity index (χ2n) is 2.79. The highest BCUT2D eigenvalue weighted by Crippen LogP contribution is 2.29. The van der Waals surface area contributed by atoms with Crippen LogP contribution in [-0.4, -0.2) is 22.4 Å². The van der Waals surface area contributed by atoms with Gasteiger partial charge in [0.15, 0.2) is 0 Å². The molecule has 1 aromatic carbocycles. The molecule has 0 bridgehead atoms. The fraction of sp³-hybridized carbons (Fsp3) is 0.125. The van der Waals surface area contributed by atoms with E-state index in [1.54, 1.807) is 0 Å². The van der Waals surface area contributed by atoms with Crippen LogP contribution < -0.4 is 4.74 Å². The summed E-state index contributed by atoms with van der Waals surface area (Å²) in [7, 11) is 0. The van der Waals surface area contributed by atoms with Crippen molar-refractivity contribution in [3.05, 3.63) is 33.9 Å². The maximum Gasteiger partial charge on any atom is 0.573 e. The first-order valence-electron chi connectivity index (χ1n) is 3.98. The van der Waals surface area contributed by atoms with E-state index in [0.717, 1.165) is 0 Å². The van der Waals surface area contributed by atoms with Crippen molar-refractivity contribution in [1.82, 2.24) is 0 Å². The average molecular weight is 251 g/mol. The Kier molecular flexibility index (Phi) is 3.21. The van der Waals surface area contributed by atoms with Gasteiger partial charge in [-0.1, -0.05) is 0 Å². The van der Waals surface area contributed by atoms with Gasteiger partial charge in [0.1, 0.15) is 11.3 Å². The Morgan fingerprint density at radius 2 is 2.00 bits per heavy atom. The van der Waals surface area contributed by atoms with Crippen LogP contribution in [-0.2, 0) is 0 Å². The summed E-state index contributed by atoms with van der Waals surface area (Å²) in [6, 6.07) is 1.78. The summed E-state index contributed by atoms with van der Waals surface area (Å²) in [5.41, 5.74) is -1.58. The Bertz CT molecular complexity index is 471. The van der Waals surface area contributed by atoms with Crippen molar-refractivity contribution >= 4 is 11.7 Å². The van der Waals surface area contributed by atoms with Crippen LogP contribution in [0.25, 0.3) is 0 Å². The molecule has 0 spiro atoms. The fourth-order valence-electron chi connectivity index (χ4n) is 1.01. The molecule has 1 rings (SSSR count). The molecule has 0 aliphatic rings. The summed E-state index contributed by atoms with van der Waals surface area (Å²) in [4.78, 5) is 20.0. The lowest BCUT2D eigenvalue weighted by atomic mass is 10.2. The molecule has 1 N–H and O–H groups in total. The van der Waals surface area contributed by atoms with Crippen molar-refractivity contribution in [2.24, 2.45) is 0 Å². The predicted molar refractivity (Wildman–Crippen MR) is 46.7 cm³/mol.